The minimum Gasteiger partial charge on any atom is -0.462 e. The van der Waals surface area contributed by atoms with E-state index in [9.17, 15) is 24.3 Å². The van der Waals surface area contributed by atoms with Crippen molar-refractivity contribution >= 4 is 23.9 Å². The highest BCUT2D eigenvalue weighted by Gasteiger charge is 2.73. The van der Waals surface area contributed by atoms with Crippen LogP contribution < -0.4 is 0 Å². The number of carbonyl (C=O) groups excluding carboxylic acids is 4. The third-order valence-corrected chi connectivity index (χ3v) is 16.9. The Morgan fingerprint density at radius 3 is 1.94 bits per heavy atom. The number of methoxy groups -OCH3 is 1. The van der Waals surface area contributed by atoms with Crippen LogP contribution in [0.25, 0.3) is 0 Å². The van der Waals surface area contributed by atoms with E-state index in [0.29, 0.717) is 31.2 Å². The molecule has 2 aromatic carbocycles. The topological polar surface area (TPSA) is 144 Å². The number of benzene rings is 2. The molecular formula is C51H65F3O11. The number of alkyl halides is 3. The number of ether oxygens (including phenoxy) is 6. The average Bonchev–Trinajstić information content (AvgIpc) is 3.54. The third kappa shape index (κ3) is 7.90. The number of hydrogen-bond acceptors (Lipinski definition) is 11. The van der Waals surface area contributed by atoms with Crippen molar-refractivity contribution in [1.82, 2.24) is 0 Å². The van der Waals surface area contributed by atoms with Crippen molar-refractivity contribution in [2.24, 2.45) is 45.3 Å². The number of aliphatic hydroxyl groups excluding tert-OH is 1. The van der Waals surface area contributed by atoms with Crippen LogP contribution in [-0.4, -0.2) is 85.0 Å². The summed E-state index contributed by atoms with van der Waals surface area (Å²) in [6, 6.07) is 15.3. The van der Waals surface area contributed by atoms with Crippen LogP contribution in [0, 0.1) is 45.3 Å². The molecule has 1 N–H and O–H groups in total. The SMILES string of the molecule is CO[C@](C(=O)O[C@@H]1C[C@@H]([C@@H]2CC=C3[C@]4(C)[C@H](OC(C)=O)C[C@H]5C(C)(C)[C@H](OC(=O)c6ccccc6)C[C@H](OC(C)=O)[C@]5(C)[C@H]4CC[C@]32C)COC(C)(C)[C@H]1O)(c1ccccc1)C(F)(F)F. The van der Waals surface area contributed by atoms with Crippen LogP contribution in [0.5, 0.6) is 0 Å². The Morgan fingerprint density at radius 1 is 0.754 bits per heavy atom. The van der Waals surface area contributed by atoms with Crippen LogP contribution in [0.2, 0.25) is 0 Å². The fourth-order valence-electron chi connectivity index (χ4n) is 13.6. The molecule has 11 nitrogen and oxygen atoms in total. The minimum atomic E-state index is -5.21. The van der Waals surface area contributed by atoms with Crippen molar-refractivity contribution in [3.05, 3.63) is 83.4 Å². The van der Waals surface area contributed by atoms with Crippen molar-refractivity contribution in [3.63, 3.8) is 0 Å². The van der Waals surface area contributed by atoms with E-state index in [1.54, 1.807) is 38.1 Å². The van der Waals surface area contributed by atoms with E-state index < -0.39 is 105 Å². The summed E-state index contributed by atoms with van der Waals surface area (Å²) in [5, 5.41) is 11.8. The van der Waals surface area contributed by atoms with Gasteiger partial charge in [0.15, 0.2) is 0 Å². The first-order chi connectivity index (χ1) is 30.3. The summed E-state index contributed by atoms with van der Waals surface area (Å²) in [5.74, 6) is -4.08. The standard InChI is InChI=1S/C51H65F3O11/c1-29(55)62-40-26-38-45(3,4)39(65-43(58)31-17-13-11-14-18-31)27-41(63-30(2)56)49(38,9)37-23-24-47(7)34(21-22-36(47)48(37,40)8)32-25-35(42(57)46(5,6)61-28-32)64-44(59)50(60-10,51(52,53)54)33-19-15-12-16-20-33/h11-20,22,32,34-35,37-42,57H,21,23-28H2,1-10H3/t32-,34+,35-,37+,38+,39-,40-,41+,42+,47+,48+,49-,50+/m1/s1. The molecule has 7 rings (SSSR count). The van der Waals surface area contributed by atoms with Gasteiger partial charge in [0.1, 0.15) is 30.5 Å². The molecule has 0 bridgehead atoms. The van der Waals surface area contributed by atoms with E-state index in [4.69, 9.17) is 28.4 Å². The van der Waals surface area contributed by atoms with Gasteiger partial charge in [0.05, 0.1) is 17.8 Å². The van der Waals surface area contributed by atoms with Gasteiger partial charge in [-0.25, -0.2) is 9.59 Å². The van der Waals surface area contributed by atoms with Crippen LogP contribution in [0.3, 0.4) is 0 Å². The zero-order valence-electron chi connectivity index (χ0n) is 39.2. The van der Waals surface area contributed by atoms with Crippen molar-refractivity contribution in [3.8, 4) is 0 Å². The highest BCUT2D eigenvalue weighted by atomic mass is 19.4. The number of aliphatic hydroxyl groups is 1. The van der Waals surface area contributed by atoms with Crippen LogP contribution in [0.4, 0.5) is 13.2 Å². The maximum absolute atomic E-state index is 15.0. The minimum absolute atomic E-state index is 0.00324. The molecule has 0 unspecified atom stereocenters. The molecule has 4 aliphatic carbocycles. The molecule has 356 valence electrons. The van der Waals surface area contributed by atoms with Crippen molar-refractivity contribution < 1.29 is 65.9 Å². The molecule has 1 aliphatic heterocycles. The Balaban J connectivity index is 1.23. The largest absolute Gasteiger partial charge is 0.462 e. The number of carbonyl (C=O) groups is 4. The second-order valence-corrected chi connectivity index (χ2v) is 21.0. The predicted octanol–water partition coefficient (Wildman–Crippen LogP) is 9.09. The highest BCUT2D eigenvalue weighted by molar-refractivity contribution is 5.89. The lowest BCUT2D eigenvalue weighted by molar-refractivity contribution is -0.280. The van der Waals surface area contributed by atoms with E-state index in [2.05, 4.69) is 40.7 Å². The molecule has 14 heteroatoms. The molecule has 0 radical (unpaired) electrons. The number of rotatable bonds is 9. The number of hydrogen-bond donors (Lipinski definition) is 1. The van der Waals surface area contributed by atoms with Crippen LogP contribution in [0.1, 0.15) is 117 Å². The summed E-state index contributed by atoms with van der Waals surface area (Å²) in [7, 11) is 0.809. The molecule has 1 saturated heterocycles. The van der Waals surface area contributed by atoms with Crippen LogP contribution >= 0.6 is 0 Å². The van der Waals surface area contributed by atoms with Crippen LogP contribution in [0.15, 0.2) is 72.3 Å². The Labute approximate surface area is 380 Å². The Morgan fingerprint density at radius 2 is 1.35 bits per heavy atom. The maximum Gasteiger partial charge on any atom is 0.432 e. The first kappa shape index (κ1) is 48.7. The predicted molar refractivity (Wildman–Crippen MR) is 232 cm³/mol. The van der Waals surface area contributed by atoms with Gasteiger partial charge in [0.2, 0.25) is 0 Å². The second kappa shape index (κ2) is 17.1. The molecule has 3 saturated carbocycles. The maximum atomic E-state index is 15.0. The molecule has 0 aromatic heterocycles. The molecule has 0 amide bonds. The summed E-state index contributed by atoms with van der Waals surface area (Å²) in [5.41, 5.74) is -6.41. The van der Waals surface area contributed by atoms with E-state index in [1.165, 1.54) is 32.0 Å². The summed E-state index contributed by atoms with van der Waals surface area (Å²) in [6.45, 7) is 16.8. The van der Waals surface area contributed by atoms with Gasteiger partial charge >= 0.3 is 30.1 Å². The molecule has 0 spiro atoms. The number of halogens is 3. The summed E-state index contributed by atoms with van der Waals surface area (Å²) in [6.07, 6.45) is -5.33. The Kier molecular flexibility index (Phi) is 12.8. The number of esters is 4. The van der Waals surface area contributed by atoms with Gasteiger partial charge in [-0.3, -0.25) is 9.59 Å². The molecule has 2 aromatic rings. The summed E-state index contributed by atoms with van der Waals surface area (Å²) in [4.78, 5) is 53.7. The quantitative estimate of drug-likeness (QED) is 0.146. The van der Waals surface area contributed by atoms with E-state index in [0.717, 1.165) is 24.8 Å². The molecule has 1 heterocycles. The normalized spacial score (nSPS) is 37.1. The van der Waals surface area contributed by atoms with Gasteiger partial charge in [0, 0.05) is 49.2 Å². The smallest absolute Gasteiger partial charge is 0.432 e. The molecule has 13 atom stereocenters. The van der Waals surface area contributed by atoms with Gasteiger partial charge in [-0.15, -0.1) is 0 Å². The average molecular weight is 911 g/mol. The second-order valence-electron chi connectivity index (χ2n) is 21.0. The van der Waals surface area contributed by atoms with Gasteiger partial charge in [-0.05, 0) is 87.2 Å². The number of allylic oxidation sites excluding steroid dienone is 1. The zero-order valence-corrected chi connectivity index (χ0v) is 39.2. The lowest BCUT2D eigenvalue weighted by atomic mass is 9.36. The highest BCUT2D eigenvalue weighted by Crippen LogP contribution is 2.74. The van der Waals surface area contributed by atoms with Crippen LogP contribution in [-0.2, 0) is 48.4 Å². The van der Waals surface area contributed by atoms with Gasteiger partial charge in [-0.2, -0.15) is 13.2 Å². The summed E-state index contributed by atoms with van der Waals surface area (Å²) >= 11 is 0. The molecular weight excluding hydrogens is 846 g/mol. The van der Waals surface area contributed by atoms with Crippen molar-refractivity contribution in [1.29, 1.82) is 0 Å². The van der Waals surface area contributed by atoms with Crippen molar-refractivity contribution in [2.75, 3.05) is 13.7 Å². The summed E-state index contributed by atoms with van der Waals surface area (Å²) < 4.78 is 81.3. The van der Waals surface area contributed by atoms with Gasteiger partial charge in [-0.1, -0.05) is 94.8 Å². The van der Waals surface area contributed by atoms with E-state index in [1.807, 2.05) is 6.07 Å². The van der Waals surface area contributed by atoms with Gasteiger partial charge < -0.3 is 33.5 Å². The Hall–Kier alpha value is -4.27. The molecule has 5 aliphatic rings. The first-order valence-electron chi connectivity index (χ1n) is 22.8. The Bertz CT molecular complexity index is 2160. The fourth-order valence-corrected chi connectivity index (χ4v) is 13.6. The van der Waals surface area contributed by atoms with Gasteiger partial charge in [0.25, 0.3) is 5.60 Å². The number of fused-ring (bicyclic) bond motifs is 5. The van der Waals surface area contributed by atoms with E-state index in [-0.39, 0.29) is 37.2 Å². The molecule has 65 heavy (non-hydrogen) atoms. The molecule has 4 fully saturated rings. The zero-order chi connectivity index (χ0) is 47.7. The van der Waals surface area contributed by atoms with Crippen molar-refractivity contribution in [2.45, 2.75) is 149 Å². The fraction of sp³-hybridized carbons (Fsp3) is 0.647. The monoisotopic (exact) mass is 910 g/mol. The first-order valence-corrected chi connectivity index (χ1v) is 22.8. The lowest BCUT2D eigenvalue weighted by Gasteiger charge is -2.70. The lowest BCUT2D eigenvalue weighted by Crippen LogP contribution is -2.70. The third-order valence-electron chi connectivity index (χ3n) is 16.9. The van der Waals surface area contributed by atoms with E-state index >= 15 is 13.2 Å².